The number of hydrogen-bond donors (Lipinski definition) is 1. The number of methoxy groups -OCH3 is 1. The minimum Gasteiger partial charge on any atom is -0.490 e. The molecular formula is C28H40N4O4. The van der Waals surface area contributed by atoms with Gasteiger partial charge in [0.1, 0.15) is 0 Å². The first kappa shape index (κ1) is 27.5. The Kier molecular flexibility index (Phi) is 9.70. The third-order valence-electron chi connectivity index (χ3n) is 7.37. The molecule has 0 radical (unpaired) electrons. The molecule has 8 heteroatoms. The van der Waals surface area contributed by atoms with Crippen molar-refractivity contribution in [2.45, 2.75) is 58.4 Å². The van der Waals surface area contributed by atoms with Crippen molar-refractivity contribution in [3.63, 3.8) is 0 Å². The van der Waals surface area contributed by atoms with Crippen LogP contribution in [0.4, 0.5) is 11.4 Å². The number of rotatable bonds is 8. The van der Waals surface area contributed by atoms with E-state index in [4.69, 9.17) is 4.74 Å². The number of carbonyl (C=O) groups is 1. The van der Waals surface area contributed by atoms with Crippen molar-refractivity contribution in [1.82, 2.24) is 9.80 Å². The van der Waals surface area contributed by atoms with Crippen LogP contribution in [-0.2, 0) is 4.79 Å². The van der Waals surface area contributed by atoms with Crippen molar-refractivity contribution in [2.24, 2.45) is 0 Å². The number of hydrogen-bond acceptors (Lipinski definition) is 6. The highest BCUT2D eigenvalue weighted by atomic mass is 16.6. The Bertz CT molecular complexity index is 1010. The fraction of sp³-hybridized carbons (Fsp3) is 0.536. The molecule has 0 saturated carbocycles. The number of likely N-dealkylation sites (tertiary alicyclic amines) is 2. The largest absolute Gasteiger partial charge is 0.490 e. The minimum absolute atomic E-state index is 0. The summed E-state index contributed by atoms with van der Waals surface area (Å²) < 4.78 is 5.16. The van der Waals surface area contributed by atoms with Crippen molar-refractivity contribution >= 4 is 17.3 Å². The van der Waals surface area contributed by atoms with E-state index in [9.17, 15) is 14.9 Å². The molecule has 2 fully saturated rings. The first-order chi connectivity index (χ1) is 16.9. The van der Waals surface area contributed by atoms with E-state index >= 15 is 0 Å². The van der Waals surface area contributed by atoms with Gasteiger partial charge >= 0.3 is 5.69 Å². The van der Waals surface area contributed by atoms with E-state index < -0.39 is 4.92 Å². The van der Waals surface area contributed by atoms with Crippen LogP contribution < -0.4 is 10.1 Å². The number of nitrogens with one attached hydrogen (secondary N) is 1. The molecule has 0 spiro atoms. The Morgan fingerprint density at radius 3 is 2.33 bits per heavy atom. The molecule has 2 aliphatic rings. The number of piperidine rings is 2. The highest BCUT2D eigenvalue weighted by molar-refractivity contribution is 5.76. The smallest absolute Gasteiger partial charge is 0.311 e. The maximum absolute atomic E-state index is 12.8. The summed E-state index contributed by atoms with van der Waals surface area (Å²) in [6.45, 7) is 6.53. The van der Waals surface area contributed by atoms with Crippen molar-refractivity contribution in [3.8, 4) is 5.75 Å². The van der Waals surface area contributed by atoms with Crippen molar-refractivity contribution in [1.29, 1.82) is 0 Å². The molecule has 0 aromatic heterocycles. The summed E-state index contributed by atoms with van der Waals surface area (Å²) in [6, 6.07) is 14.0. The Morgan fingerprint density at radius 1 is 1.06 bits per heavy atom. The van der Waals surface area contributed by atoms with Crippen LogP contribution in [0.3, 0.4) is 0 Å². The zero-order valence-corrected chi connectivity index (χ0v) is 20.7. The average molecular weight is 497 g/mol. The topological polar surface area (TPSA) is 88.0 Å². The molecule has 0 bridgehead atoms. The first-order valence-corrected chi connectivity index (χ1v) is 12.6. The van der Waals surface area contributed by atoms with Gasteiger partial charge in [-0.3, -0.25) is 14.9 Å². The van der Waals surface area contributed by atoms with Gasteiger partial charge in [-0.2, -0.15) is 0 Å². The van der Waals surface area contributed by atoms with Gasteiger partial charge in [0.2, 0.25) is 5.91 Å². The molecule has 2 aliphatic heterocycles. The Hall–Kier alpha value is -3.13. The molecule has 1 amide bonds. The molecule has 8 nitrogen and oxygen atoms in total. The second-order valence-electron chi connectivity index (χ2n) is 9.72. The Labute approximate surface area is 214 Å². The predicted molar refractivity (Wildman–Crippen MR) is 144 cm³/mol. The summed E-state index contributed by atoms with van der Waals surface area (Å²) in [6.07, 6.45) is 4.59. The molecule has 2 heterocycles. The summed E-state index contributed by atoms with van der Waals surface area (Å²) in [4.78, 5) is 27.9. The van der Waals surface area contributed by atoms with E-state index in [1.54, 1.807) is 12.1 Å². The average Bonchev–Trinajstić information content (AvgIpc) is 2.88. The van der Waals surface area contributed by atoms with E-state index in [0.29, 0.717) is 12.3 Å². The molecule has 2 saturated heterocycles. The molecular weight excluding hydrogens is 456 g/mol. The van der Waals surface area contributed by atoms with Crippen LogP contribution in [-0.4, -0.2) is 66.5 Å². The maximum atomic E-state index is 12.8. The maximum Gasteiger partial charge on any atom is 0.311 e. The Balaban J connectivity index is 0.00000361. The monoisotopic (exact) mass is 496 g/mol. The SMILES string of the molecule is C.COc1cc(NC2CCN(C(=O)CCN3CCC(c4ccc(C)cc4)CC3)CC2)ccc1[N+](=O)[O-]. The number of aryl methyl sites for hydroxylation is 1. The van der Waals surface area contributed by atoms with Crippen LogP contribution in [0.25, 0.3) is 0 Å². The summed E-state index contributed by atoms with van der Waals surface area (Å²) in [5.74, 6) is 1.11. The lowest BCUT2D eigenvalue weighted by atomic mass is 9.89. The molecule has 0 aliphatic carbocycles. The van der Waals surface area contributed by atoms with Gasteiger partial charge in [-0.05, 0) is 63.2 Å². The van der Waals surface area contributed by atoms with Crippen LogP contribution in [0, 0.1) is 17.0 Å². The summed E-state index contributed by atoms with van der Waals surface area (Å²) >= 11 is 0. The zero-order chi connectivity index (χ0) is 24.8. The predicted octanol–water partition coefficient (Wildman–Crippen LogP) is 5.22. The van der Waals surface area contributed by atoms with Crippen LogP contribution >= 0.6 is 0 Å². The van der Waals surface area contributed by atoms with E-state index in [1.807, 2.05) is 4.90 Å². The number of benzene rings is 2. The lowest BCUT2D eigenvalue weighted by molar-refractivity contribution is -0.385. The number of carbonyl (C=O) groups excluding carboxylic acids is 1. The van der Waals surface area contributed by atoms with E-state index in [1.165, 1.54) is 24.3 Å². The van der Waals surface area contributed by atoms with Crippen LogP contribution in [0.15, 0.2) is 42.5 Å². The molecule has 0 atom stereocenters. The van der Waals surface area contributed by atoms with Crippen LogP contribution in [0.5, 0.6) is 5.75 Å². The third-order valence-corrected chi connectivity index (χ3v) is 7.37. The van der Waals surface area contributed by atoms with Gasteiger partial charge in [0.15, 0.2) is 5.75 Å². The number of nitro groups is 1. The van der Waals surface area contributed by atoms with Gasteiger partial charge in [0, 0.05) is 49.9 Å². The molecule has 2 aromatic rings. The van der Waals surface area contributed by atoms with Gasteiger partial charge in [0.05, 0.1) is 12.0 Å². The van der Waals surface area contributed by atoms with Gasteiger partial charge in [0.25, 0.3) is 0 Å². The van der Waals surface area contributed by atoms with E-state index in [0.717, 1.165) is 64.1 Å². The zero-order valence-electron chi connectivity index (χ0n) is 20.7. The lowest BCUT2D eigenvalue weighted by Gasteiger charge is -2.35. The molecule has 2 aromatic carbocycles. The Morgan fingerprint density at radius 2 is 1.72 bits per heavy atom. The first-order valence-electron chi connectivity index (χ1n) is 12.6. The highest BCUT2D eigenvalue weighted by Crippen LogP contribution is 2.31. The fourth-order valence-corrected chi connectivity index (χ4v) is 5.17. The molecule has 196 valence electrons. The van der Waals surface area contributed by atoms with Crippen LogP contribution in [0.2, 0.25) is 0 Å². The number of amides is 1. The van der Waals surface area contributed by atoms with Crippen molar-refractivity contribution in [2.75, 3.05) is 45.2 Å². The second kappa shape index (κ2) is 12.7. The minimum atomic E-state index is -0.445. The van der Waals surface area contributed by atoms with Gasteiger partial charge in [-0.1, -0.05) is 37.3 Å². The van der Waals surface area contributed by atoms with Crippen molar-refractivity contribution in [3.05, 3.63) is 63.7 Å². The number of anilines is 1. The second-order valence-corrected chi connectivity index (χ2v) is 9.72. The summed E-state index contributed by atoms with van der Waals surface area (Å²) in [5.41, 5.74) is 3.50. The quantitative estimate of drug-likeness (QED) is 0.398. The number of nitrogens with zero attached hydrogens (tertiary/aromatic N) is 3. The normalized spacial score (nSPS) is 17.3. The number of ether oxygens (including phenoxy) is 1. The molecule has 4 rings (SSSR count). The molecule has 0 unspecified atom stereocenters. The van der Waals surface area contributed by atoms with Gasteiger partial charge < -0.3 is 19.9 Å². The standard InChI is InChI=1S/C27H36N4O4.CH4/c1-20-3-5-21(6-4-20)22-9-14-29(15-10-22)16-13-27(32)30-17-11-23(12-18-30)28-24-7-8-25(31(33)34)26(19-24)35-2;/h3-8,19,22-23,28H,9-18H2,1-2H3;1H4. The van der Waals surface area contributed by atoms with E-state index in [2.05, 4.69) is 41.4 Å². The third kappa shape index (κ3) is 6.97. The fourth-order valence-electron chi connectivity index (χ4n) is 5.17. The summed E-state index contributed by atoms with van der Waals surface area (Å²) in [7, 11) is 1.43. The molecule has 36 heavy (non-hydrogen) atoms. The van der Waals surface area contributed by atoms with Crippen LogP contribution in [0.1, 0.15) is 56.6 Å². The molecule has 1 N–H and O–H groups in total. The lowest BCUT2D eigenvalue weighted by Crippen LogP contribution is -2.43. The van der Waals surface area contributed by atoms with E-state index in [-0.39, 0.29) is 30.8 Å². The summed E-state index contributed by atoms with van der Waals surface area (Å²) in [5, 5.41) is 14.5. The highest BCUT2D eigenvalue weighted by Gasteiger charge is 2.25. The van der Waals surface area contributed by atoms with Gasteiger partial charge in [-0.25, -0.2) is 0 Å². The van der Waals surface area contributed by atoms with Gasteiger partial charge in [-0.15, -0.1) is 0 Å². The number of nitro benzene ring substituents is 1. The van der Waals surface area contributed by atoms with Crippen molar-refractivity contribution < 1.29 is 14.5 Å².